The fraction of sp³-hybridized carbons (Fsp3) is 0.300. The van der Waals surface area contributed by atoms with E-state index in [1.165, 1.54) is 13.8 Å². The lowest BCUT2D eigenvalue weighted by molar-refractivity contribution is -0.385. The standard InChI is InChI=1S/C20H17ClF3NO8/c1-3-19(28,18(27)31-4-2)33-17(26)13-10-12(6-7-15(13)25(29)30)32-16-8-5-11(9-14(16)21)20(22,23)24/h5-10,28H,3-4H2,1-2H3. The molecule has 0 amide bonds. The largest absolute Gasteiger partial charge is 0.461 e. The number of ether oxygens (including phenoxy) is 3. The lowest BCUT2D eigenvalue weighted by atomic mass is 10.1. The van der Waals surface area contributed by atoms with Crippen molar-refractivity contribution in [2.45, 2.75) is 32.2 Å². The Hall–Kier alpha value is -3.38. The molecule has 0 saturated carbocycles. The third-order valence-electron chi connectivity index (χ3n) is 4.21. The maximum Gasteiger partial charge on any atom is 0.416 e. The zero-order valence-corrected chi connectivity index (χ0v) is 17.9. The summed E-state index contributed by atoms with van der Waals surface area (Å²) in [4.78, 5) is 34.9. The first-order valence-electron chi connectivity index (χ1n) is 9.28. The number of nitro groups is 1. The van der Waals surface area contributed by atoms with Crippen molar-refractivity contribution >= 4 is 29.2 Å². The van der Waals surface area contributed by atoms with E-state index in [2.05, 4.69) is 4.74 Å². The molecule has 33 heavy (non-hydrogen) atoms. The summed E-state index contributed by atoms with van der Waals surface area (Å²) in [5, 5.41) is 21.2. The second-order valence-electron chi connectivity index (χ2n) is 6.43. The maximum absolute atomic E-state index is 12.8. The Morgan fingerprint density at radius 2 is 1.82 bits per heavy atom. The van der Waals surface area contributed by atoms with E-state index in [0.717, 1.165) is 24.3 Å². The molecule has 1 N–H and O–H groups in total. The van der Waals surface area contributed by atoms with Gasteiger partial charge in [0.25, 0.3) is 5.69 Å². The monoisotopic (exact) mass is 491 g/mol. The molecule has 0 heterocycles. The number of halogens is 4. The van der Waals surface area contributed by atoms with Crippen LogP contribution >= 0.6 is 11.6 Å². The molecule has 9 nitrogen and oxygen atoms in total. The molecule has 0 radical (unpaired) electrons. The number of aliphatic hydroxyl groups is 1. The van der Waals surface area contributed by atoms with Crippen LogP contribution in [0.15, 0.2) is 36.4 Å². The van der Waals surface area contributed by atoms with Gasteiger partial charge in [-0.2, -0.15) is 13.2 Å². The normalized spacial score (nSPS) is 13.1. The molecular weight excluding hydrogens is 475 g/mol. The quantitative estimate of drug-likeness (QED) is 0.240. The second kappa shape index (κ2) is 10.0. The van der Waals surface area contributed by atoms with Crippen molar-refractivity contribution in [2.24, 2.45) is 0 Å². The van der Waals surface area contributed by atoms with Crippen molar-refractivity contribution in [3.05, 3.63) is 62.7 Å². The van der Waals surface area contributed by atoms with Gasteiger partial charge in [0.15, 0.2) is 0 Å². The number of esters is 2. The van der Waals surface area contributed by atoms with Crippen molar-refractivity contribution < 1.29 is 47.0 Å². The molecule has 0 aliphatic rings. The molecule has 13 heteroatoms. The molecule has 0 aromatic heterocycles. The minimum atomic E-state index is -4.64. The van der Waals surface area contributed by atoms with Gasteiger partial charge in [-0.15, -0.1) is 0 Å². The maximum atomic E-state index is 12.8. The number of nitrogens with zero attached hydrogens (tertiary/aromatic N) is 1. The van der Waals surface area contributed by atoms with Crippen LogP contribution in [-0.4, -0.2) is 34.4 Å². The van der Waals surface area contributed by atoms with Crippen LogP contribution < -0.4 is 4.74 Å². The van der Waals surface area contributed by atoms with Gasteiger partial charge in [-0.1, -0.05) is 18.5 Å². The van der Waals surface area contributed by atoms with Crippen molar-refractivity contribution in [3.63, 3.8) is 0 Å². The van der Waals surface area contributed by atoms with Gasteiger partial charge in [0.1, 0.15) is 17.1 Å². The Labute approximate surface area is 189 Å². The highest BCUT2D eigenvalue weighted by Gasteiger charge is 2.42. The van der Waals surface area contributed by atoms with E-state index in [4.69, 9.17) is 21.1 Å². The van der Waals surface area contributed by atoms with Gasteiger partial charge in [-0.3, -0.25) is 10.1 Å². The van der Waals surface area contributed by atoms with Crippen molar-refractivity contribution in [2.75, 3.05) is 6.61 Å². The van der Waals surface area contributed by atoms with E-state index in [9.17, 15) is 38.0 Å². The second-order valence-corrected chi connectivity index (χ2v) is 6.84. The smallest absolute Gasteiger partial charge is 0.416 e. The minimum absolute atomic E-state index is 0.129. The van der Waals surface area contributed by atoms with E-state index >= 15 is 0 Å². The highest BCUT2D eigenvalue weighted by molar-refractivity contribution is 6.32. The minimum Gasteiger partial charge on any atom is -0.461 e. The predicted molar refractivity (Wildman–Crippen MR) is 107 cm³/mol. The molecule has 0 aliphatic heterocycles. The van der Waals surface area contributed by atoms with Gasteiger partial charge < -0.3 is 19.3 Å². The van der Waals surface area contributed by atoms with Gasteiger partial charge in [0.2, 0.25) is 0 Å². The van der Waals surface area contributed by atoms with E-state index < -0.39 is 57.1 Å². The number of rotatable bonds is 8. The average molecular weight is 492 g/mol. The molecule has 0 aliphatic carbocycles. The van der Waals surface area contributed by atoms with Crippen LogP contribution in [0.2, 0.25) is 5.02 Å². The number of hydrogen-bond acceptors (Lipinski definition) is 8. The zero-order chi connectivity index (χ0) is 25.0. The number of hydrogen-bond donors (Lipinski definition) is 1. The van der Waals surface area contributed by atoms with Gasteiger partial charge in [0.05, 0.1) is 22.1 Å². The third-order valence-corrected chi connectivity index (χ3v) is 4.50. The van der Waals surface area contributed by atoms with Crippen LogP contribution in [0, 0.1) is 10.1 Å². The Kier molecular flexibility index (Phi) is 7.88. The molecule has 0 bridgehead atoms. The number of carbonyl (C=O) groups excluding carboxylic acids is 2. The van der Waals surface area contributed by atoms with Crippen molar-refractivity contribution in [3.8, 4) is 11.5 Å². The lowest BCUT2D eigenvalue weighted by Crippen LogP contribution is -2.44. The van der Waals surface area contributed by atoms with Crippen LogP contribution in [0.4, 0.5) is 18.9 Å². The highest BCUT2D eigenvalue weighted by atomic mass is 35.5. The number of carbonyl (C=O) groups is 2. The first-order chi connectivity index (χ1) is 15.3. The van der Waals surface area contributed by atoms with Crippen LogP contribution in [0.25, 0.3) is 0 Å². The van der Waals surface area contributed by atoms with E-state index in [1.54, 1.807) is 0 Å². The van der Waals surface area contributed by atoms with Crippen molar-refractivity contribution in [1.82, 2.24) is 0 Å². The van der Waals surface area contributed by atoms with Crippen LogP contribution in [0.1, 0.15) is 36.2 Å². The molecule has 178 valence electrons. The summed E-state index contributed by atoms with van der Waals surface area (Å²) in [5.41, 5.74) is -2.46. The third kappa shape index (κ3) is 6.11. The van der Waals surface area contributed by atoms with Crippen LogP contribution in [-0.2, 0) is 20.4 Å². The Balaban J connectivity index is 2.40. The molecule has 1 atom stereocenters. The molecule has 0 fully saturated rings. The zero-order valence-electron chi connectivity index (χ0n) is 17.1. The Morgan fingerprint density at radius 1 is 1.15 bits per heavy atom. The lowest BCUT2D eigenvalue weighted by Gasteiger charge is -2.24. The summed E-state index contributed by atoms with van der Waals surface area (Å²) in [6, 6.07) is 5.07. The molecule has 0 saturated heterocycles. The summed E-state index contributed by atoms with van der Waals surface area (Å²) < 4.78 is 53.2. The van der Waals surface area contributed by atoms with Gasteiger partial charge in [-0.05, 0) is 31.2 Å². The summed E-state index contributed by atoms with van der Waals surface area (Å²) in [7, 11) is 0. The molecule has 1 unspecified atom stereocenters. The van der Waals surface area contributed by atoms with E-state index in [0.29, 0.717) is 12.1 Å². The molecule has 2 aromatic carbocycles. The van der Waals surface area contributed by atoms with Gasteiger partial charge in [0, 0.05) is 18.6 Å². The fourth-order valence-electron chi connectivity index (χ4n) is 2.50. The average Bonchev–Trinajstić information content (AvgIpc) is 2.74. The molecular formula is C20H17ClF3NO8. The highest BCUT2D eigenvalue weighted by Crippen LogP contribution is 2.37. The van der Waals surface area contributed by atoms with Crippen molar-refractivity contribution in [1.29, 1.82) is 0 Å². The summed E-state index contributed by atoms with van der Waals surface area (Å²) in [5.74, 6) is -5.86. The predicted octanol–water partition coefficient (Wildman–Crippen LogP) is 4.88. The topological polar surface area (TPSA) is 125 Å². The Morgan fingerprint density at radius 3 is 2.33 bits per heavy atom. The number of alkyl halides is 3. The summed E-state index contributed by atoms with van der Waals surface area (Å²) >= 11 is 5.83. The van der Waals surface area contributed by atoms with E-state index in [-0.39, 0.29) is 18.1 Å². The SMILES string of the molecule is CCOC(=O)C(O)(CC)OC(=O)c1cc(Oc2ccc(C(F)(F)F)cc2Cl)ccc1[N+](=O)[O-]. The van der Waals surface area contributed by atoms with Gasteiger partial charge >= 0.3 is 23.9 Å². The first-order valence-corrected chi connectivity index (χ1v) is 9.66. The number of benzene rings is 2. The van der Waals surface area contributed by atoms with Crippen LogP contribution in [0.3, 0.4) is 0 Å². The molecule has 2 rings (SSSR count). The van der Waals surface area contributed by atoms with Crippen LogP contribution in [0.5, 0.6) is 11.5 Å². The summed E-state index contributed by atoms with van der Waals surface area (Å²) in [6.45, 7) is 2.63. The molecule has 2 aromatic rings. The first kappa shape index (κ1) is 25.9. The van der Waals surface area contributed by atoms with Gasteiger partial charge in [-0.25, -0.2) is 9.59 Å². The molecule has 0 spiro atoms. The summed E-state index contributed by atoms with van der Waals surface area (Å²) in [6.07, 6.45) is -5.05. The number of nitro benzene ring substituents is 1. The Bertz CT molecular complexity index is 1080. The fourth-order valence-corrected chi connectivity index (χ4v) is 2.72. The van der Waals surface area contributed by atoms with E-state index in [1.807, 2.05) is 0 Å².